The summed E-state index contributed by atoms with van der Waals surface area (Å²) in [6.07, 6.45) is -0.151. The standard InChI is InChI=1S/C33H24Cl4N2O7S/c1-3-45-33(44)22-19(18-11-9-16(2)10-12-18)15-47-29(22)38-21(40)14-46-32(43)20(13-17-7-5-4-6-8-17)39-30(41)23-24(31(39)42)26(35)28(37)27(36)25(23)34/h4-12,15,20H,3,13-14H2,1-2H3,(H,38,40). The monoisotopic (exact) mass is 732 g/mol. The topological polar surface area (TPSA) is 119 Å². The molecule has 14 heteroatoms. The lowest BCUT2D eigenvalue weighted by Crippen LogP contribution is -2.47. The van der Waals surface area contributed by atoms with Crippen molar-refractivity contribution in [3.05, 3.63) is 108 Å². The van der Waals surface area contributed by atoms with E-state index in [-0.39, 0.29) is 54.8 Å². The molecule has 1 N–H and O–H groups in total. The zero-order valence-corrected chi connectivity index (χ0v) is 28.5. The number of ether oxygens (including phenoxy) is 2. The molecule has 1 atom stereocenters. The number of thiophene rings is 1. The van der Waals surface area contributed by atoms with Crippen LogP contribution < -0.4 is 5.32 Å². The third-order valence-corrected chi connectivity index (χ3v) is 9.92. The Morgan fingerprint density at radius 1 is 0.851 bits per heavy atom. The van der Waals surface area contributed by atoms with E-state index in [1.165, 1.54) is 0 Å². The Labute approximate surface area is 293 Å². The second-order valence-electron chi connectivity index (χ2n) is 10.3. The third kappa shape index (κ3) is 6.88. The van der Waals surface area contributed by atoms with Crippen LogP contribution in [0.3, 0.4) is 0 Å². The molecule has 0 radical (unpaired) electrons. The average Bonchev–Trinajstić information content (AvgIpc) is 3.59. The van der Waals surface area contributed by atoms with Crippen LogP contribution in [-0.2, 0) is 25.5 Å². The number of hydrogen-bond acceptors (Lipinski definition) is 8. The first-order valence-electron chi connectivity index (χ1n) is 14.0. The number of amides is 3. The van der Waals surface area contributed by atoms with Crippen molar-refractivity contribution < 1.29 is 33.4 Å². The van der Waals surface area contributed by atoms with Crippen molar-refractivity contribution in [1.29, 1.82) is 0 Å². The normalized spacial score (nSPS) is 12.9. The molecule has 1 aliphatic heterocycles. The van der Waals surface area contributed by atoms with E-state index in [1.807, 2.05) is 31.2 Å². The van der Waals surface area contributed by atoms with Gasteiger partial charge >= 0.3 is 11.9 Å². The molecule has 0 aliphatic carbocycles. The summed E-state index contributed by atoms with van der Waals surface area (Å²) in [7, 11) is 0. The fourth-order valence-electron chi connectivity index (χ4n) is 4.96. The molecule has 0 spiro atoms. The van der Waals surface area contributed by atoms with E-state index in [1.54, 1.807) is 42.6 Å². The fraction of sp³-hybridized carbons (Fsp3) is 0.182. The van der Waals surface area contributed by atoms with Gasteiger partial charge in [-0.15, -0.1) is 11.3 Å². The molecule has 1 aliphatic rings. The first-order chi connectivity index (χ1) is 22.4. The van der Waals surface area contributed by atoms with Crippen LogP contribution in [0.25, 0.3) is 11.1 Å². The number of nitrogens with one attached hydrogen (secondary N) is 1. The van der Waals surface area contributed by atoms with Crippen molar-refractivity contribution in [2.75, 3.05) is 18.5 Å². The number of fused-ring (bicyclic) bond motifs is 1. The van der Waals surface area contributed by atoms with E-state index in [0.29, 0.717) is 16.0 Å². The van der Waals surface area contributed by atoms with Crippen molar-refractivity contribution in [3.8, 4) is 11.1 Å². The Morgan fingerprint density at radius 2 is 1.45 bits per heavy atom. The van der Waals surface area contributed by atoms with Crippen LogP contribution in [0.1, 0.15) is 49.1 Å². The van der Waals surface area contributed by atoms with Gasteiger partial charge in [0.25, 0.3) is 17.7 Å². The summed E-state index contributed by atoms with van der Waals surface area (Å²) in [5.41, 5.74) is 2.48. The lowest BCUT2D eigenvalue weighted by atomic mass is 10.0. The average molecular weight is 734 g/mol. The summed E-state index contributed by atoms with van der Waals surface area (Å²) in [5, 5.41) is 3.50. The highest BCUT2D eigenvalue weighted by atomic mass is 35.5. The van der Waals surface area contributed by atoms with E-state index in [4.69, 9.17) is 55.9 Å². The van der Waals surface area contributed by atoms with Gasteiger partial charge in [0.15, 0.2) is 6.61 Å². The molecular weight excluding hydrogens is 710 g/mol. The van der Waals surface area contributed by atoms with Gasteiger partial charge in [0.1, 0.15) is 16.6 Å². The van der Waals surface area contributed by atoms with Crippen molar-refractivity contribution in [2.45, 2.75) is 26.3 Å². The van der Waals surface area contributed by atoms with Crippen LogP contribution in [-0.4, -0.2) is 53.8 Å². The van der Waals surface area contributed by atoms with E-state index in [0.717, 1.165) is 22.5 Å². The molecule has 3 aromatic carbocycles. The van der Waals surface area contributed by atoms with E-state index < -0.39 is 42.3 Å². The Morgan fingerprint density at radius 3 is 2.02 bits per heavy atom. The summed E-state index contributed by atoms with van der Waals surface area (Å²) in [6, 6.07) is 14.5. The first kappa shape index (κ1) is 34.4. The largest absolute Gasteiger partial charge is 0.462 e. The third-order valence-electron chi connectivity index (χ3n) is 7.22. The maximum atomic E-state index is 13.6. The summed E-state index contributed by atoms with van der Waals surface area (Å²) >= 11 is 26.0. The summed E-state index contributed by atoms with van der Waals surface area (Å²) in [5.74, 6) is -4.33. The molecule has 3 amide bonds. The number of esters is 2. The molecule has 1 aromatic heterocycles. The number of rotatable bonds is 10. The van der Waals surface area contributed by atoms with Gasteiger partial charge < -0.3 is 14.8 Å². The summed E-state index contributed by atoms with van der Waals surface area (Å²) in [4.78, 5) is 67.4. The molecular formula is C33H24Cl4N2O7S. The maximum Gasteiger partial charge on any atom is 0.341 e. The number of benzene rings is 3. The molecule has 242 valence electrons. The Balaban J connectivity index is 1.39. The highest BCUT2D eigenvalue weighted by Gasteiger charge is 2.47. The van der Waals surface area contributed by atoms with Gasteiger partial charge in [0.05, 0.1) is 37.8 Å². The molecule has 0 fully saturated rings. The van der Waals surface area contributed by atoms with Crippen LogP contribution in [0.15, 0.2) is 60.0 Å². The molecule has 0 saturated carbocycles. The zero-order chi connectivity index (χ0) is 34.0. The fourth-order valence-corrected chi connectivity index (χ4v) is 6.95. The van der Waals surface area contributed by atoms with Crippen LogP contribution in [0.2, 0.25) is 20.1 Å². The number of hydrogen-bond donors (Lipinski definition) is 1. The Bertz CT molecular complexity index is 1870. The van der Waals surface area contributed by atoms with E-state index in [2.05, 4.69) is 5.32 Å². The van der Waals surface area contributed by atoms with Gasteiger partial charge in [-0.05, 0) is 25.0 Å². The van der Waals surface area contributed by atoms with Gasteiger partial charge in [0, 0.05) is 17.4 Å². The molecule has 0 bridgehead atoms. The summed E-state index contributed by atoms with van der Waals surface area (Å²) in [6.45, 7) is 2.92. The van der Waals surface area contributed by atoms with Gasteiger partial charge in [-0.3, -0.25) is 19.3 Å². The van der Waals surface area contributed by atoms with Gasteiger partial charge in [-0.25, -0.2) is 9.59 Å². The quantitative estimate of drug-likeness (QED) is 0.0762. The lowest BCUT2D eigenvalue weighted by molar-refractivity contribution is -0.151. The predicted molar refractivity (Wildman–Crippen MR) is 181 cm³/mol. The second-order valence-corrected chi connectivity index (χ2v) is 12.7. The predicted octanol–water partition coefficient (Wildman–Crippen LogP) is 7.90. The highest BCUT2D eigenvalue weighted by Crippen LogP contribution is 2.45. The minimum Gasteiger partial charge on any atom is -0.462 e. The molecule has 47 heavy (non-hydrogen) atoms. The number of carbonyl (C=O) groups is 5. The highest BCUT2D eigenvalue weighted by molar-refractivity contribution is 7.15. The number of anilines is 1. The van der Waals surface area contributed by atoms with Crippen LogP contribution in [0.5, 0.6) is 0 Å². The molecule has 9 nitrogen and oxygen atoms in total. The minimum atomic E-state index is -1.52. The SMILES string of the molecule is CCOC(=O)c1c(-c2ccc(C)cc2)csc1NC(=O)COC(=O)C(Cc1ccccc1)N1C(=O)c2c(Cl)c(Cl)c(Cl)c(Cl)c2C1=O. The van der Waals surface area contributed by atoms with Crippen molar-refractivity contribution in [3.63, 3.8) is 0 Å². The van der Waals surface area contributed by atoms with Crippen molar-refractivity contribution in [2.24, 2.45) is 0 Å². The number of aryl methyl sites for hydroxylation is 1. The minimum absolute atomic E-state index is 0.114. The Kier molecular flexibility index (Phi) is 10.6. The second kappa shape index (κ2) is 14.5. The van der Waals surface area contributed by atoms with Crippen LogP contribution in [0.4, 0.5) is 5.00 Å². The van der Waals surface area contributed by atoms with E-state index in [9.17, 15) is 24.0 Å². The number of carbonyl (C=O) groups excluding carboxylic acids is 5. The van der Waals surface area contributed by atoms with Gasteiger partial charge in [-0.2, -0.15) is 0 Å². The maximum absolute atomic E-state index is 13.6. The molecule has 5 rings (SSSR count). The molecule has 0 saturated heterocycles. The lowest BCUT2D eigenvalue weighted by Gasteiger charge is -2.24. The first-order valence-corrected chi connectivity index (χ1v) is 16.4. The van der Waals surface area contributed by atoms with Crippen molar-refractivity contribution in [1.82, 2.24) is 4.90 Å². The van der Waals surface area contributed by atoms with E-state index >= 15 is 0 Å². The smallest absolute Gasteiger partial charge is 0.341 e. The number of halogens is 4. The number of nitrogens with zero attached hydrogens (tertiary/aromatic N) is 1. The zero-order valence-electron chi connectivity index (χ0n) is 24.7. The van der Waals surface area contributed by atoms with Crippen LogP contribution in [0, 0.1) is 6.92 Å². The van der Waals surface area contributed by atoms with Crippen molar-refractivity contribution >= 4 is 92.4 Å². The Hall–Kier alpha value is -3.93. The molecule has 4 aromatic rings. The molecule has 1 unspecified atom stereocenters. The van der Waals surface area contributed by atoms with Gasteiger partial charge in [0.2, 0.25) is 0 Å². The molecule has 2 heterocycles. The van der Waals surface area contributed by atoms with Crippen LogP contribution >= 0.6 is 57.7 Å². The number of imide groups is 1. The van der Waals surface area contributed by atoms with Gasteiger partial charge in [-0.1, -0.05) is 107 Å². The summed E-state index contributed by atoms with van der Waals surface area (Å²) < 4.78 is 10.6.